The van der Waals surface area contributed by atoms with Gasteiger partial charge in [-0.2, -0.15) is 0 Å². The van der Waals surface area contributed by atoms with Crippen molar-refractivity contribution in [2.24, 2.45) is 10.8 Å². The normalized spacial score (nSPS) is 28.2. The standard InChI is InChI=1S/C22H28O2/c1-6-16-17(7-2)22(9-4)19(20(23)24-5)18(21(16,22)8-3)15-13-11-10-12-14-15/h10-14H,6-9H2,1-5H3. The number of methoxy groups -OCH3 is 1. The molecule has 2 atom stereocenters. The quantitative estimate of drug-likeness (QED) is 0.506. The summed E-state index contributed by atoms with van der Waals surface area (Å²) in [6.07, 6.45) is 4.08. The summed E-state index contributed by atoms with van der Waals surface area (Å²) in [4.78, 5) is 12.7. The minimum absolute atomic E-state index is 0.0206. The highest BCUT2D eigenvalue weighted by Gasteiger charge is 2.73. The Hall–Kier alpha value is -1.83. The number of ether oxygens (including phenoxy) is 1. The van der Waals surface area contributed by atoms with Crippen LogP contribution in [-0.4, -0.2) is 13.1 Å². The summed E-state index contributed by atoms with van der Waals surface area (Å²) < 4.78 is 5.22. The van der Waals surface area contributed by atoms with Crippen LogP contribution in [0.4, 0.5) is 0 Å². The summed E-state index contributed by atoms with van der Waals surface area (Å²) in [5.74, 6) is -0.152. The first kappa shape index (κ1) is 17.0. The number of fused-ring (bicyclic) bond motifs is 1. The molecule has 0 spiro atoms. The Bertz CT molecular complexity index is 726. The van der Waals surface area contributed by atoms with Crippen LogP contribution in [0.1, 0.15) is 58.9 Å². The van der Waals surface area contributed by atoms with Crippen molar-refractivity contribution in [1.29, 1.82) is 0 Å². The topological polar surface area (TPSA) is 26.3 Å². The Balaban J connectivity index is 2.32. The number of allylic oxidation sites excluding steroid dienone is 3. The maximum atomic E-state index is 12.7. The molecule has 2 aliphatic carbocycles. The lowest BCUT2D eigenvalue weighted by molar-refractivity contribution is -0.139. The Kier molecular flexibility index (Phi) is 4.19. The molecular formula is C22H28O2. The van der Waals surface area contributed by atoms with Gasteiger partial charge >= 0.3 is 5.97 Å². The maximum absolute atomic E-state index is 12.7. The van der Waals surface area contributed by atoms with Gasteiger partial charge in [0, 0.05) is 10.8 Å². The van der Waals surface area contributed by atoms with Gasteiger partial charge < -0.3 is 4.74 Å². The number of hydrogen-bond donors (Lipinski definition) is 0. The van der Waals surface area contributed by atoms with E-state index >= 15 is 0 Å². The molecule has 1 aromatic carbocycles. The zero-order chi connectivity index (χ0) is 17.5. The molecule has 0 aliphatic heterocycles. The van der Waals surface area contributed by atoms with Gasteiger partial charge in [-0.05, 0) is 36.8 Å². The lowest BCUT2D eigenvalue weighted by Gasteiger charge is -2.71. The van der Waals surface area contributed by atoms with Crippen molar-refractivity contribution in [1.82, 2.24) is 0 Å². The van der Waals surface area contributed by atoms with Crippen LogP contribution in [0, 0.1) is 10.8 Å². The van der Waals surface area contributed by atoms with E-state index in [0.29, 0.717) is 0 Å². The van der Waals surface area contributed by atoms with E-state index in [4.69, 9.17) is 4.74 Å². The fraction of sp³-hybridized carbons (Fsp3) is 0.500. The smallest absolute Gasteiger partial charge is 0.335 e. The number of hydrogen-bond acceptors (Lipinski definition) is 2. The molecule has 0 fully saturated rings. The molecule has 0 saturated carbocycles. The lowest BCUT2D eigenvalue weighted by atomic mass is 9.31. The Labute approximate surface area is 145 Å². The van der Waals surface area contributed by atoms with Gasteiger partial charge in [-0.15, -0.1) is 0 Å². The molecule has 0 radical (unpaired) electrons. The van der Waals surface area contributed by atoms with Gasteiger partial charge in [0.05, 0.1) is 12.7 Å². The van der Waals surface area contributed by atoms with Crippen molar-refractivity contribution in [3.8, 4) is 0 Å². The first-order valence-corrected chi connectivity index (χ1v) is 9.22. The average Bonchev–Trinajstić information content (AvgIpc) is 2.62. The number of carbonyl (C=O) groups excluding carboxylic acids is 1. The summed E-state index contributed by atoms with van der Waals surface area (Å²) in [5.41, 5.74) is 6.25. The highest BCUT2D eigenvalue weighted by molar-refractivity contribution is 6.09. The minimum Gasteiger partial charge on any atom is -0.466 e. The number of benzene rings is 1. The molecule has 0 saturated heterocycles. The fourth-order valence-corrected chi connectivity index (χ4v) is 5.85. The summed E-state index contributed by atoms with van der Waals surface area (Å²) in [5, 5.41) is 0. The summed E-state index contributed by atoms with van der Waals surface area (Å²) in [6, 6.07) is 10.4. The van der Waals surface area contributed by atoms with Crippen molar-refractivity contribution in [2.45, 2.75) is 53.4 Å². The predicted molar refractivity (Wildman–Crippen MR) is 98.4 cm³/mol. The van der Waals surface area contributed by atoms with Gasteiger partial charge in [0.15, 0.2) is 0 Å². The Morgan fingerprint density at radius 1 is 0.917 bits per heavy atom. The molecule has 24 heavy (non-hydrogen) atoms. The van der Waals surface area contributed by atoms with E-state index in [1.54, 1.807) is 5.57 Å². The molecule has 128 valence electrons. The van der Waals surface area contributed by atoms with E-state index in [1.807, 2.05) is 6.07 Å². The van der Waals surface area contributed by atoms with Gasteiger partial charge in [-0.1, -0.05) is 69.2 Å². The second-order valence-corrected chi connectivity index (χ2v) is 6.79. The van der Waals surface area contributed by atoms with E-state index in [9.17, 15) is 4.79 Å². The highest BCUT2D eigenvalue weighted by Crippen LogP contribution is 2.81. The monoisotopic (exact) mass is 324 g/mol. The van der Waals surface area contributed by atoms with Crippen LogP contribution >= 0.6 is 0 Å². The SMILES string of the molecule is CCC1=C(CC)C2(CC)C(c3ccccc3)=C(C(=O)OC)C12CC. The van der Waals surface area contributed by atoms with Gasteiger partial charge in [-0.25, -0.2) is 4.79 Å². The predicted octanol–water partition coefficient (Wildman–Crippen LogP) is 5.55. The van der Waals surface area contributed by atoms with Crippen LogP contribution < -0.4 is 0 Å². The summed E-state index contributed by atoms with van der Waals surface area (Å²) in [6.45, 7) is 8.96. The van der Waals surface area contributed by atoms with Crippen LogP contribution in [0.2, 0.25) is 0 Å². The Morgan fingerprint density at radius 2 is 1.46 bits per heavy atom. The second-order valence-electron chi connectivity index (χ2n) is 6.79. The third kappa shape index (κ3) is 1.64. The van der Waals surface area contributed by atoms with Crippen molar-refractivity contribution in [3.05, 3.63) is 52.6 Å². The second kappa shape index (κ2) is 5.91. The van der Waals surface area contributed by atoms with Crippen LogP contribution in [0.15, 0.2) is 47.1 Å². The average molecular weight is 324 g/mol. The van der Waals surface area contributed by atoms with Gasteiger partial charge in [-0.3, -0.25) is 0 Å². The number of carbonyl (C=O) groups is 1. The molecule has 1 aromatic rings. The van der Waals surface area contributed by atoms with E-state index < -0.39 is 0 Å². The molecule has 2 nitrogen and oxygen atoms in total. The van der Waals surface area contributed by atoms with Crippen LogP contribution in [-0.2, 0) is 9.53 Å². The molecule has 2 aliphatic rings. The van der Waals surface area contributed by atoms with E-state index in [2.05, 4.69) is 52.0 Å². The summed E-state index contributed by atoms with van der Waals surface area (Å²) >= 11 is 0. The van der Waals surface area contributed by atoms with Crippen LogP contribution in [0.25, 0.3) is 5.57 Å². The van der Waals surface area contributed by atoms with E-state index in [-0.39, 0.29) is 16.8 Å². The molecule has 0 amide bonds. The van der Waals surface area contributed by atoms with E-state index in [1.165, 1.54) is 23.8 Å². The molecule has 2 unspecified atom stereocenters. The zero-order valence-corrected chi connectivity index (χ0v) is 15.5. The fourth-order valence-electron chi connectivity index (χ4n) is 5.85. The van der Waals surface area contributed by atoms with Crippen molar-refractivity contribution in [3.63, 3.8) is 0 Å². The van der Waals surface area contributed by atoms with Gasteiger partial charge in [0.25, 0.3) is 0 Å². The maximum Gasteiger partial charge on any atom is 0.335 e. The van der Waals surface area contributed by atoms with Crippen LogP contribution in [0.3, 0.4) is 0 Å². The van der Waals surface area contributed by atoms with E-state index in [0.717, 1.165) is 31.3 Å². The first-order valence-electron chi connectivity index (χ1n) is 9.22. The van der Waals surface area contributed by atoms with Crippen LogP contribution in [0.5, 0.6) is 0 Å². The minimum atomic E-state index is -0.152. The van der Waals surface area contributed by atoms with Crippen molar-refractivity contribution >= 4 is 11.5 Å². The van der Waals surface area contributed by atoms with Gasteiger partial charge in [0.2, 0.25) is 0 Å². The van der Waals surface area contributed by atoms with Crippen molar-refractivity contribution < 1.29 is 9.53 Å². The number of esters is 1. The molecule has 0 heterocycles. The molecule has 0 N–H and O–H groups in total. The molecule has 2 heteroatoms. The first-order chi connectivity index (χ1) is 11.6. The third-order valence-corrected chi connectivity index (χ3v) is 6.45. The molecule has 3 rings (SSSR count). The molecular weight excluding hydrogens is 296 g/mol. The van der Waals surface area contributed by atoms with Gasteiger partial charge in [0.1, 0.15) is 0 Å². The zero-order valence-electron chi connectivity index (χ0n) is 15.5. The summed E-state index contributed by atoms with van der Waals surface area (Å²) in [7, 11) is 1.50. The largest absolute Gasteiger partial charge is 0.466 e. The molecule has 0 aromatic heterocycles. The number of rotatable bonds is 6. The molecule has 0 bridgehead atoms. The Morgan fingerprint density at radius 3 is 1.92 bits per heavy atom. The van der Waals surface area contributed by atoms with Crippen molar-refractivity contribution in [2.75, 3.05) is 7.11 Å². The lowest BCUT2D eigenvalue weighted by Crippen LogP contribution is -2.63. The third-order valence-electron chi connectivity index (χ3n) is 6.45. The highest BCUT2D eigenvalue weighted by atomic mass is 16.5.